The highest BCUT2D eigenvalue weighted by molar-refractivity contribution is 6.70. The van der Waals surface area contributed by atoms with Crippen LogP contribution in [0.5, 0.6) is 0 Å². The van der Waals surface area contributed by atoms with Crippen LogP contribution in [-0.2, 0) is 4.79 Å². The van der Waals surface area contributed by atoms with Crippen molar-refractivity contribution in [1.29, 1.82) is 0 Å². The summed E-state index contributed by atoms with van der Waals surface area (Å²) in [5.74, 6) is -2.17. The number of nitrogens with zero attached hydrogens (tertiary/aromatic N) is 3. The normalized spacial score (nSPS) is 24.5. The summed E-state index contributed by atoms with van der Waals surface area (Å²) in [6, 6.07) is 0. The Labute approximate surface area is 103 Å². The van der Waals surface area contributed by atoms with E-state index in [-0.39, 0.29) is 0 Å². The van der Waals surface area contributed by atoms with Gasteiger partial charge >= 0.3 is 0 Å². The summed E-state index contributed by atoms with van der Waals surface area (Å²) in [7, 11) is 0. The molecule has 2 aliphatic heterocycles. The number of carbonyl (C=O) groups is 1. The van der Waals surface area contributed by atoms with Crippen LogP contribution in [0.4, 0.5) is 13.2 Å². The van der Waals surface area contributed by atoms with Crippen molar-refractivity contribution in [2.24, 2.45) is 15.0 Å². The van der Waals surface area contributed by atoms with Crippen molar-refractivity contribution in [2.45, 2.75) is 12.6 Å². The third-order valence-electron chi connectivity index (χ3n) is 1.98. The molecule has 0 N–H and O–H groups in total. The molecule has 9 heteroatoms. The molecule has 4 nitrogen and oxygen atoms in total. The van der Waals surface area contributed by atoms with Gasteiger partial charge in [-0.05, 0) is 0 Å². The van der Waals surface area contributed by atoms with E-state index >= 15 is 0 Å². The molecular weight excluding hydrogens is 282 g/mol. The van der Waals surface area contributed by atoms with E-state index in [2.05, 4.69) is 15.0 Å². The molecule has 0 saturated heterocycles. The summed E-state index contributed by atoms with van der Waals surface area (Å²) in [6.07, 6.45) is -5.14. The summed E-state index contributed by atoms with van der Waals surface area (Å²) in [6.45, 7) is 0. The first-order chi connectivity index (χ1) is 7.91. The lowest BCUT2D eigenvalue weighted by Crippen LogP contribution is -2.35. The number of halogens is 5. The highest BCUT2D eigenvalue weighted by atomic mass is 35.5. The predicted octanol–water partition coefficient (Wildman–Crippen LogP) is 2.07. The molecule has 2 rings (SSSR count). The van der Waals surface area contributed by atoms with Gasteiger partial charge < -0.3 is 0 Å². The lowest BCUT2D eigenvalue weighted by Gasteiger charge is -2.20. The Morgan fingerprint density at radius 1 is 1.18 bits per heavy atom. The number of carbonyl (C=O) groups excluding carboxylic acids is 1. The first kappa shape index (κ1) is 12.3. The number of hydrogen-bond donors (Lipinski definition) is 0. The van der Waals surface area contributed by atoms with Crippen LogP contribution in [0.1, 0.15) is 0 Å². The second-order valence-electron chi connectivity index (χ2n) is 3.04. The molecule has 0 fully saturated rings. The second kappa shape index (κ2) is 4.23. The van der Waals surface area contributed by atoms with Gasteiger partial charge in [-0.15, -0.1) is 0 Å². The van der Waals surface area contributed by atoms with E-state index in [1.165, 1.54) is 0 Å². The Kier molecular flexibility index (Phi) is 3.05. The first-order valence-corrected chi connectivity index (χ1v) is 4.95. The van der Waals surface area contributed by atoms with Crippen molar-refractivity contribution in [3.8, 4) is 0 Å². The Morgan fingerprint density at radius 3 is 2.41 bits per heavy atom. The first-order valence-electron chi connectivity index (χ1n) is 4.19. The molecular formula is C8H2Cl2F3N3O. The molecule has 0 saturated carbocycles. The number of aliphatic imine (C=N–C) groups is 3. The van der Waals surface area contributed by atoms with Crippen molar-refractivity contribution < 1.29 is 18.0 Å². The van der Waals surface area contributed by atoms with Crippen molar-refractivity contribution in [3.63, 3.8) is 0 Å². The highest BCUT2D eigenvalue weighted by Gasteiger charge is 2.38. The Balaban J connectivity index is 2.57. The van der Waals surface area contributed by atoms with Gasteiger partial charge in [-0.2, -0.15) is 4.99 Å². The van der Waals surface area contributed by atoms with E-state index in [0.29, 0.717) is 0 Å². The molecule has 1 amide bonds. The maximum atomic E-state index is 13.6. The van der Waals surface area contributed by atoms with Crippen molar-refractivity contribution >= 4 is 45.8 Å². The quantitative estimate of drug-likeness (QED) is 0.680. The molecule has 2 aliphatic rings. The Morgan fingerprint density at radius 2 is 1.82 bits per heavy atom. The van der Waals surface area contributed by atoms with Gasteiger partial charge in [-0.25, -0.2) is 23.2 Å². The molecule has 0 spiro atoms. The van der Waals surface area contributed by atoms with Gasteiger partial charge in [0, 0.05) is 0 Å². The number of hydrogen-bond acceptors (Lipinski definition) is 3. The van der Waals surface area contributed by atoms with E-state index in [0.717, 1.165) is 0 Å². The largest absolute Gasteiger partial charge is 0.297 e. The van der Waals surface area contributed by atoms with E-state index in [9.17, 15) is 18.0 Å². The van der Waals surface area contributed by atoms with E-state index < -0.39 is 46.0 Å². The van der Waals surface area contributed by atoms with Crippen molar-refractivity contribution in [3.05, 3.63) is 10.7 Å². The standard InChI is InChI=1S/C8H2Cl2F3N3O/c9-4-1-3(2(11)5(10)15-4)14-7(6(12)13)16-8(1)17/h2,6H. The van der Waals surface area contributed by atoms with E-state index in [4.69, 9.17) is 23.2 Å². The van der Waals surface area contributed by atoms with Crippen LogP contribution in [0.2, 0.25) is 0 Å². The minimum Gasteiger partial charge on any atom is -0.267 e. The molecule has 0 aromatic rings. The predicted molar refractivity (Wildman–Crippen MR) is 56.9 cm³/mol. The number of rotatable bonds is 1. The summed E-state index contributed by atoms with van der Waals surface area (Å²) in [5.41, 5.74) is -1.02. The molecule has 1 unspecified atom stereocenters. The lowest BCUT2D eigenvalue weighted by molar-refractivity contribution is -0.114. The van der Waals surface area contributed by atoms with Crippen LogP contribution in [0.3, 0.4) is 0 Å². The van der Waals surface area contributed by atoms with E-state index in [1.807, 2.05) is 0 Å². The molecule has 17 heavy (non-hydrogen) atoms. The molecule has 0 aromatic heterocycles. The Bertz CT molecular complexity index is 524. The minimum absolute atomic E-state index is 0.412. The van der Waals surface area contributed by atoms with Crippen LogP contribution >= 0.6 is 23.2 Å². The number of amides is 1. The highest BCUT2D eigenvalue weighted by Crippen LogP contribution is 2.28. The maximum Gasteiger partial charge on any atom is 0.297 e. The lowest BCUT2D eigenvalue weighted by atomic mass is 10.0. The SMILES string of the molecule is O=C1N=C(C(F)F)N=C2C1=C(Cl)N=C(Cl)C2F. The molecule has 1 atom stereocenters. The van der Waals surface area contributed by atoms with E-state index in [1.54, 1.807) is 0 Å². The second-order valence-corrected chi connectivity index (χ2v) is 3.78. The zero-order valence-corrected chi connectivity index (χ0v) is 9.31. The smallest absolute Gasteiger partial charge is 0.267 e. The Hall–Kier alpha value is -1.21. The number of amidine groups is 1. The van der Waals surface area contributed by atoms with Crippen LogP contribution in [0.25, 0.3) is 0 Å². The molecule has 0 aliphatic carbocycles. The molecule has 0 radical (unpaired) electrons. The summed E-state index contributed by atoms with van der Waals surface area (Å²) < 4.78 is 38.3. The zero-order chi connectivity index (χ0) is 12.7. The van der Waals surface area contributed by atoms with Crippen LogP contribution in [0, 0.1) is 0 Å². The average Bonchev–Trinajstić information content (AvgIpc) is 2.24. The zero-order valence-electron chi connectivity index (χ0n) is 7.79. The van der Waals surface area contributed by atoms with Gasteiger partial charge in [0.15, 0.2) is 12.0 Å². The van der Waals surface area contributed by atoms with Gasteiger partial charge in [0.2, 0.25) is 0 Å². The summed E-state index contributed by atoms with van der Waals surface area (Å²) in [5, 5.41) is -0.981. The minimum atomic E-state index is -3.09. The number of fused-ring (bicyclic) bond motifs is 1. The third kappa shape index (κ3) is 2.00. The fourth-order valence-corrected chi connectivity index (χ4v) is 1.77. The topological polar surface area (TPSA) is 54.1 Å². The van der Waals surface area contributed by atoms with Gasteiger partial charge in [0.25, 0.3) is 12.3 Å². The fraction of sp³-hybridized carbons (Fsp3) is 0.250. The summed E-state index contributed by atoms with van der Waals surface area (Å²) >= 11 is 10.9. The number of alkyl halides is 3. The fourth-order valence-electron chi connectivity index (χ4n) is 1.27. The van der Waals surface area contributed by atoms with Crippen LogP contribution in [-0.4, -0.2) is 35.2 Å². The molecule has 0 bridgehead atoms. The van der Waals surface area contributed by atoms with Gasteiger partial charge in [0.1, 0.15) is 21.6 Å². The third-order valence-corrected chi connectivity index (χ3v) is 2.53. The molecule has 2 heterocycles. The van der Waals surface area contributed by atoms with Gasteiger partial charge in [0.05, 0.1) is 0 Å². The maximum absolute atomic E-state index is 13.6. The van der Waals surface area contributed by atoms with Crippen LogP contribution in [0.15, 0.2) is 25.7 Å². The van der Waals surface area contributed by atoms with Crippen molar-refractivity contribution in [2.75, 3.05) is 0 Å². The van der Waals surface area contributed by atoms with Crippen molar-refractivity contribution in [1.82, 2.24) is 0 Å². The monoisotopic (exact) mass is 283 g/mol. The molecule has 0 aromatic carbocycles. The molecule has 90 valence electrons. The summed E-state index contributed by atoms with van der Waals surface area (Å²) in [4.78, 5) is 21.0. The average molecular weight is 284 g/mol. The van der Waals surface area contributed by atoms with Gasteiger partial charge in [-0.3, -0.25) is 4.79 Å². The van der Waals surface area contributed by atoms with Gasteiger partial charge in [-0.1, -0.05) is 23.2 Å². The van der Waals surface area contributed by atoms with Crippen LogP contribution < -0.4 is 0 Å².